The molecule has 0 bridgehead atoms. The van der Waals surface area contributed by atoms with E-state index in [2.05, 4.69) is 10.6 Å². The Bertz CT molecular complexity index is 1760. The minimum Gasteiger partial charge on any atom is -0.496 e. The second-order valence-corrected chi connectivity index (χ2v) is 10.9. The highest BCUT2D eigenvalue weighted by Gasteiger charge is 2.48. The number of carbonyl (C=O) groups is 4. The molecule has 4 amide bonds. The number of rotatable bonds is 8. The molecule has 0 fully saturated rings. The predicted octanol–water partition coefficient (Wildman–Crippen LogP) is 4.08. The molecule has 2 atom stereocenters. The molecule has 4 N–H and O–H groups in total. The molecule has 0 aliphatic carbocycles. The number of primary amides is 1. The van der Waals surface area contributed by atoms with Gasteiger partial charge in [0.1, 0.15) is 11.3 Å². The third-order valence-electron chi connectivity index (χ3n) is 8.35. The molecule has 0 spiro atoms. The number of methoxy groups -OCH3 is 1. The number of likely N-dealkylation sites (N-methyl/N-ethyl adjacent to an activating group) is 1. The summed E-state index contributed by atoms with van der Waals surface area (Å²) >= 11 is 0. The van der Waals surface area contributed by atoms with Crippen LogP contribution < -0.4 is 30.9 Å². The molecule has 1 aliphatic heterocycles. The number of para-hydroxylation sites is 2. The van der Waals surface area contributed by atoms with Crippen molar-refractivity contribution in [2.75, 3.05) is 35.8 Å². The average molecular weight is 594 g/mol. The monoisotopic (exact) mass is 593 g/mol. The van der Waals surface area contributed by atoms with Crippen LogP contribution >= 0.6 is 0 Å². The molecule has 4 aromatic carbocycles. The highest BCUT2D eigenvalue weighted by molar-refractivity contribution is 6.13. The first-order chi connectivity index (χ1) is 21.1. The lowest BCUT2D eigenvalue weighted by Gasteiger charge is -2.36. The number of hydrogen-bond acceptors (Lipinski definition) is 6. The van der Waals surface area contributed by atoms with Gasteiger partial charge in [-0.15, -0.1) is 0 Å². The van der Waals surface area contributed by atoms with Crippen molar-refractivity contribution in [3.63, 3.8) is 0 Å². The standard InChI is InChI=1S/C34H35N5O5/c1-21(40)37-24-16-13-23(14-17-24)31(41)39-20-27(34(2,36-3)33(35)43)32(42)38(28-11-7-8-12-29(28)39)19-26-25-10-6-5-9-22(25)15-18-30(26)44-4/h5-18,27,36H,19-20H2,1-4H3,(H2,35,43)(H,37,40)/t27-,34?/m1/s1. The largest absolute Gasteiger partial charge is 0.496 e. The molecule has 0 radical (unpaired) electrons. The second kappa shape index (κ2) is 12.2. The molecular formula is C34H35N5O5. The Morgan fingerprint density at radius 1 is 0.955 bits per heavy atom. The van der Waals surface area contributed by atoms with Gasteiger partial charge in [0, 0.05) is 30.3 Å². The molecule has 44 heavy (non-hydrogen) atoms. The van der Waals surface area contributed by atoms with Crippen LogP contribution in [0.15, 0.2) is 84.9 Å². The molecular weight excluding hydrogens is 558 g/mol. The first-order valence-corrected chi connectivity index (χ1v) is 14.2. The van der Waals surface area contributed by atoms with Crippen LogP contribution in [0.5, 0.6) is 5.75 Å². The van der Waals surface area contributed by atoms with Crippen LogP contribution in [-0.4, -0.2) is 49.9 Å². The zero-order valence-corrected chi connectivity index (χ0v) is 25.1. The topological polar surface area (TPSA) is 134 Å². The SMILES string of the molecule is CNC(C)(C(N)=O)[C@@H]1CN(C(=O)c2ccc(NC(C)=O)cc2)c2ccccc2N(Cc2c(OC)ccc3ccccc23)C1=O. The van der Waals surface area contributed by atoms with Gasteiger partial charge in [-0.1, -0.05) is 42.5 Å². The maximum absolute atomic E-state index is 14.7. The fourth-order valence-corrected chi connectivity index (χ4v) is 5.72. The molecule has 0 aromatic heterocycles. The van der Waals surface area contributed by atoms with Crippen molar-refractivity contribution in [2.45, 2.75) is 25.9 Å². The maximum atomic E-state index is 14.7. The van der Waals surface area contributed by atoms with Crippen molar-refractivity contribution in [1.82, 2.24) is 5.32 Å². The molecule has 0 saturated heterocycles. The molecule has 10 nitrogen and oxygen atoms in total. The number of nitrogens with one attached hydrogen (secondary N) is 2. The fourth-order valence-electron chi connectivity index (χ4n) is 5.72. The Labute approximate surface area is 255 Å². The van der Waals surface area contributed by atoms with E-state index in [1.807, 2.05) is 36.4 Å². The molecule has 4 aromatic rings. The van der Waals surface area contributed by atoms with Crippen molar-refractivity contribution in [3.8, 4) is 5.75 Å². The highest BCUT2D eigenvalue weighted by Crippen LogP contribution is 2.40. The number of anilines is 3. The Hall–Kier alpha value is -5.22. The summed E-state index contributed by atoms with van der Waals surface area (Å²) < 4.78 is 5.74. The van der Waals surface area contributed by atoms with E-state index in [1.165, 1.54) is 11.8 Å². The van der Waals surface area contributed by atoms with Crippen molar-refractivity contribution in [1.29, 1.82) is 0 Å². The quantitative estimate of drug-likeness (QED) is 0.282. The van der Waals surface area contributed by atoms with Gasteiger partial charge in [0.05, 0.1) is 30.9 Å². The Morgan fingerprint density at radius 3 is 2.25 bits per heavy atom. The minimum absolute atomic E-state index is 0.114. The highest BCUT2D eigenvalue weighted by atomic mass is 16.5. The van der Waals surface area contributed by atoms with E-state index in [1.54, 1.807) is 74.5 Å². The lowest BCUT2D eigenvalue weighted by Crippen LogP contribution is -2.63. The van der Waals surface area contributed by atoms with Gasteiger partial charge in [0.2, 0.25) is 17.7 Å². The Balaban J connectivity index is 1.68. The van der Waals surface area contributed by atoms with Crippen LogP contribution in [0.1, 0.15) is 29.8 Å². The first-order valence-electron chi connectivity index (χ1n) is 14.2. The van der Waals surface area contributed by atoms with E-state index >= 15 is 0 Å². The maximum Gasteiger partial charge on any atom is 0.258 e. The fraction of sp³-hybridized carbons (Fsp3) is 0.235. The van der Waals surface area contributed by atoms with Gasteiger partial charge in [0.15, 0.2) is 0 Å². The molecule has 0 saturated carbocycles. The smallest absolute Gasteiger partial charge is 0.258 e. The number of amides is 4. The van der Waals surface area contributed by atoms with E-state index < -0.39 is 17.4 Å². The molecule has 1 aliphatic rings. The predicted molar refractivity (Wildman–Crippen MR) is 171 cm³/mol. The lowest BCUT2D eigenvalue weighted by atomic mass is 9.83. The number of carbonyl (C=O) groups excluding carboxylic acids is 4. The van der Waals surface area contributed by atoms with E-state index in [9.17, 15) is 19.2 Å². The number of fused-ring (bicyclic) bond motifs is 2. The van der Waals surface area contributed by atoms with E-state index in [0.29, 0.717) is 28.4 Å². The van der Waals surface area contributed by atoms with Gasteiger partial charge < -0.3 is 30.9 Å². The third kappa shape index (κ3) is 5.47. The van der Waals surface area contributed by atoms with E-state index in [-0.39, 0.29) is 30.8 Å². The van der Waals surface area contributed by atoms with Gasteiger partial charge in [-0.25, -0.2) is 0 Å². The van der Waals surface area contributed by atoms with E-state index in [4.69, 9.17) is 10.5 Å². The van der Waals surface area contributed by atoms with Crippen LogP contribution in [0.2, 0.25) is 0 Å². The van der Waals surface area contributed by atoms with Crippen molar-refractivity contribution >= 4 is 51.5 Å². The first kappa shape index (κ1) is 30.2. The third-order valence-corrected chi connectivity index (χ3v) is 8.35. The number of nitrogens with two attached hydrogens (primary N) is 1. The summed E-state index contributed by atoms with van der Waals surface area (Å²) in [7, 11) is 3.15. The van der Waals surface area contributed by atoms with E-state index in [0.717, 1.165) is 16.3 Å². The van der Waals surface area contributed by atoms with Gasteiger partial charge in [-0.3, -0.25) is 19.2 Å². The van der Waals surface area contributed by atoms with Crippen LogP contribution in [0, 0.1) is 5.92 Å². The Morgan fingerprint density at radius 2 is 1.61 bits per heavy atom. The minimum atomic E-state index is -1.49. The molecule has 5 rings (SSSR count). The number of benzene rings is 4. The molecule has 1 unspecified atom stereocenters. The number of hydrogen-bond donors (Lipinski definition) is 3. The summed E-state index contributed by atoms with van der Waals surface area (Å²) in [5.74, 6) is -2.16. The normalized spacial score (nSPS) is 16.1. The van der Waals surface area contributed by atoms with Gasteiger partial charge in [-0.2, -0.15) is 0 Å². The lowest BCUT2D eigenvalue weighted by molar-refractivity contribution is -0.133. The van der Waals surface area contributed by atoms with Crippen LogP contribution in [0.4, 0.5) is 17.1 Å². The van der Waals surface area contributed by atoms with Gasteiger partial charge >= 0.3 is 0 Å². The summed E-state index contributed by atoms with van der Waals surface area (Å²) in [4.78, 5) is 56.4. The number of ether oxygens (including phenoxy) is 1. The summed E-state index contributed by atoms with van der Waals surface area (Å²) in [5.41, 5.74) is 7.09. The Kier molecular flexibility index (Phi) is 8.37. The zero-order valence-electron chi connectivity index (χ0n) is 25.1. The summed E-state index contributed by atoms with van der Waals surface area (Å²) in [6, 6.07) is 25.3. The van der Waals surface area contributed by atoms with Crippen molar-refractivity contribution in [3.05, 3.63) is 96.1 Å². The van der Waals surface area contributed by atoms with Crippen LogP contribution in [0.25, 0.3) is 10.8 Å². The molecule has 1 heterocycles. The van der Waals surface area contributed by atoms with Gasteiger partial charge in [-0.05, 0) is 67.2 Å². The summed E-state index contributed by atoms with van der Waals surface area (Å²) in [5, 5.41) is 7.56. The van der Waals surface area contributed by atoms with Gasteiger partial charge in [0.25, 0.3) is 5.91 Å². The van der Waals surface area contributed by atoms with Crippen molar-refractivity contribution < 1.29 is 23.9 Å². The molecule has 10 heteroatoms. The van der Waals surface area contributed by atoms with Crippen LogP contribution in [-0.2, 0) is 20.9 Å². The van der Waals surface area contributed by atoms with Crippen molar-refractivity contribution in [2.24, 2.45) is 11.7 Å². The van der Waals surface area contributed by atoms with Crippen LogP contribution in [0.3, 0.4) is 0 Å². The zero-order chi connectivity index (χ0) is 31.6. The average Bonchev–Trinajstić information content (AvgIpc) is 3.15. The number of nitrogens with zero attached hydrogens (tertiary/aromatic N) is 2. The molecule has 226 valence electrons. The second-order valence-electron chi connectivity index (χ2n) is 10.9. The summed E-state index contributed by atoms with van der Waals surface area (Å²) in [6.07, 6.45) is 0. The summed E-state index contributed by atoms with van der Waals surface area (Å²) in [6.45, 7) is 2.98.